The predicted molar refractivity (Wildman–Crippen MR) is 101 cm³/mol. The molecule has 1 aromatic heterocycles. The molecule has 1 aliphatic rings. The van der Waals surface area contributed by atoms with Crippen LogP contribution in [0.3, 0.4) is 0 Å². The first-order chi connectivity index (χ1) is 13.5. The number of ether oxygens (including phenoxy) is 1. The van der Waals surface area contributed by atoms with Crippen molar-refractivity contribution in [2.24, 2.45) is 5.92 Å². The maximum Gasteiger partial charge on any atom is 0.257 e. The van der Waals surface area contributed by atoms with Gasteiger partial charge in [0, 0.05) is 12.6 Å². The Morgan fingerprint density at radius 1 is 1.50 bits per heavy atom. The Morgan fingerprint density at radius 2 is 2.29 bits per heavy atom. The maximum absolute atomic E-state index is 13.3. The average molecular weight is 404 g/mol. The molecule has 1 saturated carbocycles. The van der Waals surface area contributed by atoms with E-state index in [0.717, 1.165) is 24.5 Å². The van der Waals surface area contributed by atoms with E-state index < -0.39 is 5.82 Å². The van der Waals surface area contributed by atoms with Crippen LogP contribution in [-0.4, -0.2) is 34.1 Å². The number of nitrogens with zero attached hydrogens (tertiary/aromatic N) is 4. The third-order valence-electron chi connectivity index (χ3n) is 4.55. The molecule has 28 heavy (non-hydrogen) atoms. The number of carbonyl (C=O) groups excluding carboxylic acids is 1. The molecule has 0 spiro atoms. The van der Waals surface area contributed by atoms with Gasteiger partial charge in [-0.2, -0.15) is 5.26 Å². The molecule has 3 rings (SSSR count). The average Bonchev–Trinajstić information content (AvgIpc) is 3.11. The Balaban J connectivity index is 1.38. The van der Waals surface area contributed by atoms with Gasteiger partial charge < -0.3 is 10.1 Å². The second-order valence-corrected chi connectivity index (χ2v) is 7.01. The summed E-state index contributed by atoms with van der Waals surface area (Å²) < 4.78 is 20.3. The summed E-state index contributed by atoms with van der Waals surface area (Å²) in [6, 6.07) is 6.44. The van der Waals surface area contributed by atoms with Crippen LogP contribution >= 0.6 is 11.6 Å². The third kappa shape index (κ3) is 4.87. The monoisotopic (exact) mass is 403 g/mol. The fourth-order valence-corrected chi connectivity index (χ4v) is 2.89. The van der Waals surface area contributed by atoms with Crippen LogP contribution < -0.4 is 10.1 Å². The van der Waals surface area contributed by atoms with Crippen molar-refractivity contribution in [1.82, 2.24) is 20.3 Å². The van der Waals surface area contributed by atoms with Crippen molar-refractivity contribution in [3.8, 4) is 11.8 Å². The van der Waals surface area contributed by atoms with Crippen molar-refractivity contribution in [2.45, 2.75) is 25.3 Å². The van der Waals surface area contributed by atoms with E-state index in [1.807, 2.05) is 6.20 Å². The molecule has 146 valence electrons. The number of halogens is 2. The van der Waals surface area contributed by atoms with E-state index in [-0.39, 0.29) is 35.2 Å². The largest absolute Gasteiger partial charge is 0.484 e. The van der Waals surface area contributed by atoms with Crippen molar-refractivity contribution < 1.29 is 13.9 Å². The zero-order valence-corrected chi connectivity index (χ0v) is 15.8. The van der Waals surface area contributed by atoms with E-state index >= 15 is 0 Å². The molecule has 0 atom stereocenters. The molecule has 1 amide bonds. The van der Waals surface area contributed by atoms with Gasteiger partial charge in [0.25, 0.3) is 5.91 Å². The first-order valence-corrected chi connectivity index (χ1v) is 9.18. The Kier molecular flexibility index (Phi) is 6.26. The van der Waals surface area contributed by atoms with E-state index in [2.05, 4.69) is 28.3 Å². The summed E-state index contributed by atoms with van der Waals surface area (Å²) >= 11 is 5.59. The summed E-state index contributed by atoms with van der Waals surface area (Å²) in [5, 5.41) is 19.7. The molecule has 0 bridgehead atoms. The van der Waals surface area contributed by atoms with Gasteiger partial charge in [0.15, 0.2) is 6.61 Å². The highest BCUT2D eigenvalue weighted by Crippen LogP contribution is 2.36. The number of nitrogens with one attached hydrogen (secondary N) is 1. The van der Waals surface area contributed by atoms with E-state index in [1.165, 1.54) is 12.1 Å². The summed E-state index contributed by atoms with van der Waals surface area (Å²) in [5.74, 6) is -0.604. The van der Waals surface area contributed by atoms with Gasteiger partial charge in [-0.05, 0) is 37.0 Å². The highest BCUT2D eigenvalue weighted by atomic mass is 35.5. The van der Waals surface area contributed by atoms with E-state index in [1.54, 1.807) is 4.68 Å². The number of benzene rings is 1. The lowest BCUT2D eigenvalue weighted by Gasteiger charge is -2.29. The number of rotatable bonds is 8. The number of carbonyl (C=O) groups is 1. The molecular weight excluding hydrogens is 385 g/mol. The summed E-state index contributed by atoms with van der Waals surface area (Å²) in [7, 11) is 0. The molecule has 0 saturated heterocycles. The van der Waals surface area contributed by atoms with Crippen LogP contribution in [0, 0.1) is 23.1 Å². The predicted octanol–water partition coefficient (Wildman–Crippen LogP) is 3.14. The molecule has 0 unspecified atom stereocenters. The fourth-order valence-electron chi connectivity index (χ4n) is 2.77. The van der Waals surface area contributed by atoms with Gasteiger partial charge in [0.1, 0.15) is 17.3 Å². The molecule has 1 aromatic carbocycles. The van der Waals surface area contributed by atoms with Crippen LogP contribution in [0.4, 0.5) is 4.39 Å². The minimum atomic E-state index is -0.603. The lowest BCUT2D eigenvalue weighted by Crippen LogP contribution is -2.29. The van der Waals surface area contributed by atoms with Crippen LogP contribution in [0.2, 0.25) is 5.02 Å². The van der Waals surface area contributed by atoms with Crippen LogP contribution in [0.15, 0.2) is 31.0 Å². The minimum absolute atomic E-state index is 0.00515. The third-order valence-corrected chi connectivity index (χ3v) is 4.86. The number of nitriles is 1. The van der Waals surface area contributed by atoms with Gasteiger partial charge in [-0.1, -0.05) is 23.4 Å². The van der Waals surface area contributed by atoms with E-state index in [4.69, 9.17) is 21.6 Å². The van der Waals surface area contributed by atoms with Crippen LogP contribution in [0.5, 0.6) is 5.75 Å². The van der Waals surface area contributed by atoms with Gasteiger partial charge in [-0.15, -0.1) is 5.10 Å². The van der Waals surface area contributed by atoms with Crippen molar-refractivity contribution in [3.63, 3.8) is 0 Å². The summed E-state index contributed by atoms with van der Waals surface area (Å²) in [6.45, 7) is 4.11. The van der Waals surface area contributed by atoms with Gasteiger partial charge in [-0.3, -0.25) is 4.79 Å². The molecule has 9 heteroatoms. The van der Waals surface area contributed by atoms with Gasteiger partial charge >= 0.3 is 0 Å². The highest BCUT2D eigenvalue weighted by Gasteiger charge is 2.31. The topological polar surface area (TPSA) is 92.8 Å². The number of hydrogen-bond donors (Lipinski definition) is 1. The highest BCUT2D eigenvalue weighted by molar-refractivity contribution is 6.30. The standard InChI is InChI=1S/C19H19ClFN5O2/c1-12(18-10-26(25-24-18)14-6-13(7-14)9-22)4-5-23-19(27)11-28-15-2-3-16(20)17(21)8-15/h2-3,8,10,13-14H,1,4-7,11H2,(H,23,27). The lowest BCUT2D eigenvalue weighted by molar-refractivity contribution is -0.123. The zero-order valence-electron chi connectivity index (χ0n) is 15.1. The van der Waals surface area contributed by atoms with Crippen LogP contribution in [-0.2, 0) is 4.79 Å². The van der Waals surface area contributed by atoms with Crippen molar-refractivity contribution in [3.05, 3.63) is 47.5 Å². The quantitative estimate of drug-likeness (QED) is 0.730. The molecule has 0 radical (unpaired) electrons. The summed E-state index contributed by atoms with van der Waals surface area (Å²) in [5.41, 5.74) is 1.42. The maximum atomic E-state index is 13.3. The molecule has 0 aliphatic heterocycles. The number of amides is 1. The molecule has 2 aromatic rings. The first kappa shape index (κ1) is 19.8. The van der Waals surface area contributed by atoms with Crippen LogP contribution in [0.25, 0.3) is 5.57 Å². The minimum Gasteiger partial charge on any atom is -0.484 e. The lowest BCUT2D eigenvalue weighted by atomic mass is 9.81. The van der Waals surface area contributed by atoms with Crippen molar-refractivity contribution in [1.29, 1.82) is 5.26 Å². The Labute approximate surface area is 166 Å². The Morgan fingerprint density at radius 3 is 3.00 bits per heavy atom. The number of aromatic nitrogens is 3. The van der Waals surface area contributed by atoms with Crippen molar-refractivity contribution >= 4 is 23.1 Å². The molecule has 1 heterocycles. The second-order valence-electron chi connectivity index (χ2n) is 6.60. The Hall–Kier alpha value is -2.92. The molecule has 1 aliphatic carbocycles. The molecule has 7 nitrogen and oxygen atoms in total. The molecule has 1 N–H and O–H groups in total. The van der Waals surface area contributed by atoms with Gasteiger partial charge in [0.05, 0.1) is 29.2 Å². The summed E-state index contributed by atoms with van der Waals surface area (Å²) in [4.78, 5) is 11.8. The van der Waals surface area contributed by atoms with Crippen molar-refractivity contribution in [2.75, 3.05) is 13.2 Å². The SMILES string of the molecule is C=C(CCNC(=O)COc1ccc(Cl)c(F)c1)c1cn(C2CC(C#N)C2)nn1. The number of hydrogen-bond acceptors (Lipinski definition) is 5. The second kappa shape index (κ2) is 8.85. The molecule has 1 fully saturated rings. The van der Waals surface area contributed by atoms with Crippen LogP contribution in [0.1, 0.15) is 31.0 Å². The van der Waals surface area contributed by atoms with Gasteiger partial charge in [0.2, 0.25) is 0 Å². The summed E-state index contributed by atoms with van der Waals surface area (Å²) in [6.07, 6.45) is 3.91. The Bertz CT molecular complexity index is 917. The van der Waals surface area contributed by atoms with E-state index in [9.17, 15) is 9.18 Å². The smallest absolute Gasteiger partial charge is 0.257 e. The first-order valence-electron chi connectivity index (χ1n) is 8.80. The molecular formula is C19H19ClFN5O2. The van der Waals surface area contributed by atoms with E-state index in [0.29, 0.717) is 18.7 Å². The fraction of sp³-hybridized carbons (Fsp3) is 0.368. The van der Waals surface area contributed by atoms with Gasteiger partial charge in [-0.25, -0.2) is 9.07 Å². The normalized spacial score (nSPS) is 18.0. The zero-order chi connectivity index (χ0) is 20.1.